The fourth-order valence-electron chi connectivity index (χ4n) is 2.20. The lowest BCUT2D eigenvalue weighted by molar-refractivity contribution is -0.117. The third kappa shape index (κ3) is 3.98. The fraction of sp³-hybridized carbons (Fsp3) is 0.0588. The van der Waals surface area contributed by atoms with Gasteiger partial charge in [0.25, 0.3) is 11.8 Å². The van der Waals surface area contributed by atoms with Crippen LogP contribution in [0.1, 0.15) is 15.9 Å². The summed E-state index contributed by atoms with van der Waals surface area (Å²) in [4.78, 5) is 24.3. The van der Waals surface area contributed by atoms with E-state index < -0.39 is 11.8 Å². The van der Waals surface area contributed by atoms with Crippen molar-refractivity contribution in [3.05, 3.63) is 63.8 Å². The van der Waals surface area contributed by atoms with E-state index in [1.165, 1.54) is 6.08 Å². The summed E-state index contributed by atoms with van der Waals surface area (Å²) in [5.41, 5.74) is 3.09. The highest BCUT2D eigenvalue weighted by Crippen LogP contribution is 2.33. The van der Waals surface area contributed by atoms with Crippen LogP contribution in [0.4, 0.5) is 0 Å². The van der Waals surface area contributed by atoms with Gasteiger partial charge in [0, 0.05) is 10.0 Å². The van der Waals surface area contributed by atoms with Crippen LogP contribution in [0.2, 0.25) is 0 Å². The largest absolute Gasteiger partial charge is 0.454 e. The van der Waals surface area contributed by atoms with Gasteiger partial charge in [-0.1, -0.05) is 22.0 Å². The minimum Gasteiger partial charge on any atom is -0.454 e. The first-order chi connectivity index (χ1) is 12.1. The van der Waals surface area contributed by atoms with E-state index in [-0.39, 0.29) is 12.5 Å². The van der Waals surface area contributed by atoms with Crippen LogP contribution in [0.15, 0.2) is 52.6 Å². The standard InChI is InChI=1S/C17H14BrN3O4/c18-12-4-2-11(3-5-12)16(22)20-13(17(23)21-19)7-10-1-6-14-15(8-10)25-9-24-14/h1-8H,9,19H2,(H,20,22)(H,21,23)/b13-7-. The number of fused-ring (bicyclic) bond motifs is 1. The van der Waals surface area contributed by atoms with E-state index in [1.54, 1.807) is 42.5 Å². The summed E-state index contributed by atoms with van der Waals surface area (Å²) in [5.74, 6) is 5.35. The average Bonchev–Trinajstić information content (AvgIpc) is 3.08. The first-order valence-corrected chi connectivity index (χ1v) is 8.05. The van der Waals surface area contributed by atoms with Crippen molar-refractivity contribution in [2.24, 2.45) is 5.84 Å². The number of rotatable bonds is 4. The molecule has 0 unspecified atom stereocenters. The molecule has 0 aromatic heterocycles. The van der Waals surface area contributed by atoms with Crippen molar-refractivity contribution in [2.45, 2.75) is 0 Å². The molecule has 0 fully saturated rings. The maximum Gasteiger partial charge on any atom is 0.281 e. The van der Waals surface area contributed by atoms with Gasteiger partial charge in [0.05, 0.1) is 0 Å². The zero-order valence-corrected chi connectivity index (χ0v) is 14.5. The van der Waals surface area contributed by atoms with Crippen molar-refractivity contribution in [1.29, 1.82) is 0 Å². The van der Waals surface area contributed by atoms with Crippen LogP contribution in [-0.4, -0.2) is 18.6 Å². The summed E-state index contributed by atoms with van der Waals surface area (Å²) >= 11 is 3.30. The van der Waals surface area contributed by atoms with E-state index in [4.69, 9.17) is 15.3 Å². The maximum absolute atomic E-state index is 12.3. The Morgan fingerprint density at radius 2 is 1.80 bits per heavy atom. The van der Waals surface area contributed by atoms with E-state index >= 15 is 0 Å². The number of carbonyl (C=O) groups excluding carboxylic acids is 2. The molecule has 25 heavy (non-hydrogen) atoms. The number of nitrogens with one attached hydrogen (secondary N) is 2. The molecule has 0 radical (unpaired) electrons. The van der Waals surface area contributed by atoms with Gasteiger partial charge in [0.1, 0.15) is 5.70 Å². The number of halogens is 1. The Labute approximate surface area is 151 Å². The zero-order chi connectivity index (χ0) is 17.8. The number of ether oxygens (including phenoxy) is 2. The molecule has 0 bridgehead atoms. The minimum atomic E-state index is -0.622. The smallest absolute Gasteiger partial charge is 0.281 e. The van der Waals surface area contributed by atoms with Crippen LogP contribution in [0.3, 0.4) is 0 Å². The van der Waals surface area contributed by atoms with Gasteiger partial charge in [-0.25, -0.2) is 5.84 Å². The highest BCUT2D eigenvalue weighted by atomic mass is 79.9. The Kier molecular flexibility index (Phi) is 5.01. The molecule has 1 heterocycles. The minimum absolute atomic E-state index is 0.00860. The first kappa shape index (κ1) is 17.0. The second kappa shape index (κ2) is 7.37. The van der Waals surface area contributed by atoms with Gasteiger partial charge in [0.2, 0.25) is 6.79 Å². The first-order valence-electron chi connectivity index (χ1n) is 7.26. The van der Waals surface area contributed by atoms with Crippen molar-refractivity contribution in [2.75, 3.05) is 6.79 Å². The highest BCUT2D eigenvalue weighted by molar-refractivity contribution is 9.10. The molecule has 4 N–H and O–H groups in total. The van der Waals surface area contributed by atoms with Gasteiger partial charge in [-0.2, -0.15) is 0 Å². The molecule has 2 aromatic rings. The van der Waals surface area contributed by atoms with E-state index in [0.717, 1.165) is 4.47 Å². The molecule has 128 valence electrons. The summed E-state index contributed by atoms with van der Waals surface area (Å²) in [6.45, 7) is 0.152. The molecule has 2 aromatic carbocycles. The van der Waals surface area contributed by atoms with Gasteiger partial charge in [-0.15, -0.1) is 0 Å². The molecule has 0 spiro atoms. The monoisotopic (exact) mass is 403 g/mol. The normalized spacial score (nSPS) is 12.6. The molecule has 0 saturated heterocycles. The van der Waals surface area contributed by atoms with E-state index in [0.29, 0.717) is 22.6 Å². The van der Waals surface area contributed by atoms with E-state index in [9.17, 15) is 9.59 Å². The number of hydrogen-bond donors (Lipinski definition) is 3. The molecule has 0 atom stereocenters. The van der Waals surface area contributed by atoms with Crippen LogP contribution >= 0.6 is 15.9 Å². The topological polar surface area (TPSA) is 103 Å². The van der Waals surface area contributed by atoms with Gasteiger partial charge in [-0.3, -0.25) is 15.0 Å². The Hall–Kier alpha value is -2.84. The molecule has 0 aliphatic carbocycles. The van der Waals surface area contributed by atoms with Crippen molar-refractivity contribution in [3.8, 4) is 11.5 Å². The SMILES string of the molecule is NNC(=O)/C(=C/c1ccc2c(c1)OCO2)NC(=O)c1ccc(Br)cc1. The van der Waals surface area contributed by atoms with Gasteiger partial charge in [-0.05, 0) is 48.0 Å². The van der Waals surface area contributed by atoms with Crippen LogP contribution in [0, 0.1) is 0 Å². The third-order valence-corrected chi connectivity index (χ3v) is 3.97. The lowest BCUT2D eigenvalue weighted by Crippen LogP contribution is -2.38. The molecule has 3 rings (SSSR count). The molecule has 1 aliphatic heterocycles. The number of amides is 2. The summed E-state index contributed by atoms with van der Waals surface area (Å²) < 4.78 is 11.4. The molecular formula is C17H14BrN3O4. The Balaban J connectivity index is 1.85. The van der Waals surface area contributed by atoms with E-state index in [1.807, 2.05) is 5.43 Å². The maximum atomic E-state index is 12.3. The number of hydrogen-bond acceptors (Lipinski definition) is 5. The average molecular weight is 404 g/mol. The van der Waals surface area contributed by atoms with Crippen molar-refractivity contribution < 1.29 is 19.1 Å². The highest BCUT2D eigenvalue weighted by Gasteiger charge is 2.16. The van der Waals surface area contributed by atoms with Crippen LogP contribution in [0.5, 0.6) is 11.5 Å². The lowest BCUT2D eigenvalue weighted by atomic mass is 10.1. The van der Waals surface area contributed by atoms with Crippen molar-refractivity contribution >= 4 is 33.8 Å². The predicted octanol–water partition coefficient (Wildman–Crippen LogP) is 1.94. The van der Waals surface area contributed by atoms with Crippen LogP contribution in [-0.2, 0) is 4.79 Å². The van der Waals surface area contributed by atoms with Gasteiger partial charge in [0.15, 0.2) is 11.5 Å². The van der Waals surface area contributed by atoms with Crippen molar-refractivity contribution in [3.63, 3.8) is 0 Å². The van der Waals surface area contributed by atoms with E-state index in [2.05, 4.69) is 21.2 Å². The number of nitrogens with two attached hydrogens (primary N) is 1. The quantitative estimate of drug-likeness (QED) is 0.313. The second-order valence-electron chi connectivity index (χ2n) is 5.11. The van der Waals surface area contributed by atoms with Gasteiger partial charge >= 0.3 is 0 Å². The molecular weight excluding hydrogens is 390 g/mol. The molecule has 2 amide bonds. The van der Waals surface area contributed by atoms with Gasteiger partial charge < -0.3 is 14.8 Å². The third-order valence-electron chi connectivity index (χ3n) is 3.44. The number of carbonyl (C=O) groups is 2. The molecule has 8 heteroatoms. The summed E-state index contributed by atoms with van der Waals surface area (Å²) in [7, 11) is 0. The molecule has 7 nitrogen and oxygen atoms in total. The Morgan fingerprint density at radius 1 is 1.08 bits per heavy atom. The summed E-state index contributed by atoms with van der Waals surface area (Å²) in [6, 6.07) is 11.9. The fourth-order valence-corrected chi connectivity index (χ4v) is 2.47. The molecule has 1 aliphatic rings. The summed E-state index contributed by atoms with van der Waals surface area (Å²) in [5, 5.41) is 2.56. The van der Waals surface area contributed by atoms with Crippen LogP contribution in [0.25, 0.3) is 6.08 Å². The number of hydrazine groups is 1. The number of benzene rings is 2. The predicted molar refractivity (Wildman–Crippen MR) is 94.5 cm³/mol. The lowest BCUT2D eigenvalue weighted by Gasteiger charge is -2.09. The molecule has 0 saturated carbocycles. The Morgan fingerprint density at radius 3 is 2.52 bits per heavy atom. The van der Waals surface area contributed by atoms with Crippen molar-refractivity contribution in [1.82, 2.24) is 10.7 Å². The second-order valence-corrected chi connectivity index (χ2v) is 6.02. The Bertz CT molecular complexity index is 849. The zero-order valence-electron chi connectivity index (χ0n) is 12.9. The summed E-state index contributed by atoms with van der Waals surface area (Å²) in [6.07, 6.45) is 1.50. The van der Waals surface area contributed by atoms with Crippen LogP contribution < -0.4 is 26.1 Å².